The Hall–Kier alpha value is -0.940. The minimum atomic E-state index is 0.0551. The Labute approximate surface area is 311 Å². The minimum Gasteiger partial charge on any atom is -0.396 e. The molecule has 2 aliphatic heterocycles. The first kappa shape index (κ1) is 49.1. The van der Waals surface area contributed by atoms with Gasteiger partial charge in [-0.05, 0) is 103 Å². The fourth-order valence-electron chi connectivity index (χ4n) is 6.03. The molecule has 0 radical (unpaired) electrons. The summed E-state index contributed by atoms with van der Waals surface area (Å²) in [5.74, 6) is 6.59. The monoisotopic (exact) mass is 709 g/mol. The summed E-state index contributed by atoms with van der Waals surface area (Å²) in [5, 5.41) is 17.4. The highest BCUT2D eigenvalue weighted by Gasteiger charge is 2.14. The third-order valence-corrected chi connectivity index (χ3v) is 9.13. The molecule has 0 amide bonds. The molecule has 2 N–H and O–H groups in total. The number of allylic oxidation sites excluding steroid dienone is 2. The van der Waals surface area contributed by atoms with E-state index in [4.69, 9.17) is 29.2 Å². The number of hydrogen-bond donors (Lipinski definition) is 2. The molecule has 6 nitrogen and oxygen atoms in total. The van der Waals surface area contributed by atoms with E-state index in [-0.39, 0.29) is 12.6 Å². The molecular weight excluding hydrogens is 624 g/mol. The van der Waals surface area contributed by atoms with Crippen molar-refractivity contribution in [2.75, 3.05) is 39.6 Å². The van der Waals surface area contributed by atoms with E-state index >= 15 is 0 Å². The predicted molar refractivity (Wildman–Crippen MR) is 212 cm³/mol. The van der Waals surface area contributed by atoms with Crippen molar-refractivity contribution < 1.29 is 29.2 Å². The van der Waals surface area contributed by atoms with E-state index in [9.17, 15) is 0 Å². The average molecular weight is 709 g/mol. The predicted octanol–water partition coefficient (Wildman–Crippen LogP) is 12.0. The van der Waals surface area contributed by atoms with Gasteiger partial charge >= 0.3 is 0 Å². The zero-order valence-corrected chi connectivity index (χ0v) is 33.3. The van der Waals surface area contributed by atoms with Crippen molar-refractivity contribution in [1.29, 1.82) is 0 Å². The van der Waals surface area contributed by atoms with Crippen LogP contribution in [0.25, 0.3) is 0 Å². The number of unbranched alkanes of at least 4 members (excludes halogenated alkanes) is 20. The van der Waals surface area contributed by atoms with Gasteiger partial charge in [0.2, 0.25) is 0 Å². The minimum absolute atomic E-state index is 0.0551. The highest BCUT2D eigenvalue weighted by Crippen LogP contribution is 2.16. The Balaban J connectivity index is 0.000000915. The van der Waals surface area contributed by atoms with Crippen molar-refractivity contribution in [3.8, 4) is 11.8 Å². The molecule has 2 saturated heterocycles. The van der Waals surface area contributed by atoms with E-state index in [2.05, 4.69) is 24.0 Å². The molecule has 296 valence electrons. The van der Waals surface area contributed by atoms with Gasteiger partial charge in [0.05, 0.1) is 0 Å². The van der Waals surface area contributed by atoms with Gasteiger partial charge in [-0.2, -0.15) is 0 Å². The van der Waals surface area contributed by atoms with Gasteiger partial charge in [-0.3, -0.25) is 0 Å². The first-order chi connectivity index (χ1) is 24.9. The number of aliphatic hydroxyl groups is 2. The van der Waals surface area contributed by atoms with Crippen LogP contribution in [0.1, 0.15) is 206 Å². The molecule has 0 aromatic carbocycles. The van der Waals surface area contributed by atoms with Crippen LogP contribution in [0.2, 0.25) is 0 Å². The molecule has 2 unspecified atom stereocenters. The van der Waals surface area contributed by atoms with Gasteiger partial charge in [-0.15, -0.1) is 11.8 Å². The van der Waals surface area contributed by atoms with Crippen LogP contribution in [0.5, 0.6) is 0 Å². The summed E-state index contributed by atoms with van der Waals surface area (Å²) in [6.07, 6.45) is 41.0. The van der Waals surface area contributed by atoms with Crippen molar-refractivity contribution in [2.45, 2.75) is 219 Å². The highest BCUT2D eigenvalue weighted by atomic mass is 16.7. The van der Waals surface area contributed by atoms with E-state index in [1.54, 1.807) is 0 Å². The van der Waals surface area contributed by atoms with Gasteiger partial charge in [-0.25, -0.2) is 0 Å². The quantitative estimate of drug-likeness (QED) is 0.0439. The summed E-state index contributed by atoms with van der Waals surface area (Å²) < 4.78 is 22.5. The van der Waals surface area contributed by atoms with Crippen LogP contribution < -0.4 is 0 Å². The second kappa shape index (κ2) is 44.2. The first-order valence-electron chi connectivity index (χ1n) is 21.7. The van der Waals surface area contributed by atoms with E-state index < -0.39 is 0 Å². The first-order valence-corrected chi connectivity index (χ1v) is 21.7. The maximum absolute atomic E-state index is 8.71. The van der Waals surface area contributed by atoms with Crippen molar-refractivity contribution in [3.63, 3.8) is 0 Å². The van der Waals surface area contributed by atoms with Crippen LogP contribution in [0.3, 0.4) is 0 Å². The molecule has 2 aliphatic rings. The standard InChI is InChI=1S/C21H40O3.C21H38O3.C2H6/c2*22-18-14-11-9-7-5-3-1-2-4-6-8-10-12-15-19-23-21-17-13-16-20-24-21;1-2/h6,8,21-22H,1-5,7,9-20H2;21-22H,1-5,7,9-20H2;1-2H3/b8-6-;;. The average Bonchev–Trinajstić information content (AvgIpc) is 3.16. The molecule has 2 fully saturated rings. The lowest BCUT2D eigenvalue weighted by Crippen LogP contribution is -2.22. The summed E-state index contributed by atoms with van der Waals surface area (Å²) in [6, 6.07) is 0. The Morgan fingerprint density at radius 2 is 0.840 bits per heavy atom. The molecular formula is C44H84O6. The van der Waals surface area contributed by atoms with Crippen LogP contribution in [-0.2, 0) is 18.9 Å². The van der Waals surface area contributed by atoms with Crippen LogP contribution in [0.4, 0.5) is 0 Å². The molecule has 0 bridgehead atoms. The molecule has 2 heterocycles. The zero-order valence-electron chi connectivity index (χ0n) is 33.3. The van der Waals surface area contributed by atoms with Gasteiger partial charge < -0.3 is 29.2 Å². The normalized spacial score (nSPS) is 17.4. The van der Waals surface area contributed by atoms with E-state index in [0.717, 1.165) is 84.2 Å². The Morgan fingerprint density at radius 3 is 1.26 bits per heavy atom. The molecule has 6 heteroatoms. The lowest BCUT2D eigenvalue weighted by molar-refractivity contribution is -0.163. The summed E-state index contributed by atoms with van der Waals surface area (Å²) in [7, 11) is 0. The van der Waals surface area contributed by atoms with Gasteiger partial charge in [0.25, 0.3) is 0 Å². The Kier molecular flexibility index (Phi) is 43.4. The number of rotatable bonds is 30. The van der Waals surface area contributed by atoms with E-state index in [1.807, 2.05) is 13.8 Å². The number of aliphatic hydroxyl groups excluding tert-OH is 2. The van der Waals surface area contributed by atoms with Crippen molar-refractivity contribution in [3.05, 3.63) is 12.2 Å². The summed E-state index contributed by atoms with van der Waals surface area (Å²) in [5.41, 5.74) is 0. The van der Waals surface area contributed by atoms with E-state index in [1.165, 1.54) is 135 Å². The molecule has 2 rings (SSSR count). The lowest BCUT2D eigenvalue weighted by Gasteiger charge is -2.22. The fourth-order valence-corrected chi connectivity index (χ4v) is 6.03. The maximum Gasteiger partial charge on any atom is 0.157 e. The molecule has 2 atom stereocenters. The third kappa shape index (κ3) is 38.3. The van der Waals surface area contributed by atoms with Crippen LogP contribution in [-0.4, -0.2) is 62.4 Å². The number of ether oxygens (including phenoxy) is 4. The Morgan fingerprint density at radius 1 is 0.480 bits per heavy atom. The van der Waals surface area contributed by atoms with Crippen molar-refractivity contribution in [1.82, 2.24) is 0 Å². The Bertz CT molecular complexity index is 705. The van der Waals surface area contributed by atoms with Gasteiger partial charge in [-0.1, -0.05) is 103 Å². The molecule has 0 aromatic heterocycles. The molecule has 0 aliphatic carbocycles. The van der Waals surface area contributed by atoms with Crippen molar-refractivity contribution >= 4 is 0 Å². The molecule has 50 heavy (non-hydrogen) atoms. The summed E-state index contributed by atoms with van der Waals surface area (Å²) >= 11 is 0. The van der Waals surface area contributed by atoms with Gasteiger partial charge in [0.15, 0.2) is 12.6 Å². The second-order valence-electron chi connectivity index (χ2n) is 13.8. The summed E-state index contributed by atoms with van der Waals surface area (Å²) in [6.45, 7) is 8.09. The molecule has 0 aromatic rings. The second-order valence-corrected chi connectivity index (χ2v) is 13.8. The SMILES string of the molecule is CC.OCCCCCCCCCC/C=C\CCCCOC1CCCCO1.OCCCCCCCCCCC#CCCCCOC1CCCCO1. The number of hydrogen-bond acceptors (Lipinski definition) is 6. The smallest absolute Gasteiger partial charge is 0.157 e. The maximum atomic E-state index is 8.71. The summed E-state index contributed by atoms with van der Waals surface area (Å²) in [4.78, 5) is 0. The lowest BCUT2D eigenvalue weighted by atomic mass is 10.1. The topological polar surface area (TPSA) is 77.4 Å². The third-order valence-electron chi connectivity index (χ3n) is 9.13. The zero-order chi connectivity index (χ0) is 36.3. The van der Waals surface area contributed by atoms with Crippen LogP contribution in [0.15, 0.2) is 12.2 Å². The highest BCUT2D eigenvalue weighted by molar-refractivity contribution is 4.98. The largest absolute Gasteiger partial charge is 0.396 e. The van der Waals surface area contributed by atoms with Crippen LogP contribution in [0, 0.1) is 11.8 Å². The molecule has 0 spiro atoms. The van der Waals surface area contributed by atoms with Gasteiger partial charge in [0.1, 0.15) is 0 Å². The fraction of sp³-hybridized carbons (Fsp3) is 0.909. The molecule has 0 saturated carbocycles. The van der Waals surface area contributed by atoms with E-state index in [0.29, 0.717) is 13.2 Å². The van der Waals surface area contributed by atoms with Crippen LogP contribution >= 0.6 is 0 Å². The van der Waals surface area contributed by atoms with Crippen molar-refractivity contribution in [2.24, 2.45) is 0 Å². The van der Waals surface area contributed by atoms with Gasteiger partial charge in [0, 0.05) is 52.5 Å².